The molecule has 3 fully saturated rings. The Balaban J connectivity index is 0.000000963. The first kappa shape index (κ1) is 13.1. The molecule has 3 aliphatic rings. The molecule has 2 saturated carbocycles. The lowest BCUT2D eigenvalue weighted by Crippen LogP contribution is -3.00. The summed E-state index contributed by atoms with van der Waals surface area (Å²) in [6, 6.07) is 2.04. The highest BCUT2D eigenvalue weighted by Crippen LogP contribution is 2.51. The standard InChI is InChI=1S/C14H26N.HI/c1-15(2)13-9-5-3-7-11(13)12-8-4-6-10-14(12)15;/h11-14H,3-10H2,1-2H3;1H/q+1;/p-1. The van der Waals surface area contributed by atoms with Crippen LogP contribution in [0.4, 0.5) is 0 Å². The van der Waals surface area contributed by atoms with Crippen LogP contribution >= 0.6 is 0 Å². The molecule has 2 heteroatoms. The van der Waals surface area contributed by atoms with Crippen molar-refractivity contribution in [2.24, 2.45) is 11.8 Å². The average Bonchev–Trinajstić information content (AvgIpc) is 2.51. The van der Waals surface area contributed by atoms with E-state index < -0.39 is 0 Å². The van der Waals surface area contributed by atoms with Gasteiger partial charge >= 0.3 is 0 Å². The third-order valence-electron chi connectivity index (χ3n) is 5.82. The summed E-state index contributed by atoms with van der Waals surface area (Å²) in [6.45, 7) is 0. The van der Waals surface area contributed by atoms with Crippen molar-refractivity contribution < 1.29 is 28.5 Å². The van der Waals surface area contributed by atoms with Gasteiger partial charge in [-0.3, -0.25) is 0 Å². The Morgan fingerprint density at radius 3 is 1.50 bits per heavy atom. The number of nitrogens with zero attached hydrogens (tertiary/aromatic N) is 1. The van der Waals surface area contributed by atoms with Gasteiger partial charge in [0.05, 0.1) is 26.2 Å². The molecule has 1 heterocycles. The van der Waals surface area contributed by atoms with Crippen molar-refractivity contribution in [2.75, 3.05) is 14.1 Å². The molecule has 0 bridgehead atoms. The lowest BCUT2D eigenvalue weighted by molar-refractivity contribution is -0.929. The van der Waals surface area contributed by atoms with Crippen molar-refractivity contribution in [1.82, 2.24) is 0 Å². The molecule has 3 rings (SSSR count). The van der Waals surface area contributed by atoms with Gasteiger partial charge in [-0.15, -0.1) is 0 Å². The molecule has 1 saturated heterocycles. The minimum atomic E-state index is 0. The van der Waals surface area contributed by atoms with Crippen molar-refractivity contribution in [3.05, 3.63) is 0 Å². The SMILES string of the molecule is C[N+]1(C)C2CCCCC2C2CCCCC21.[I-]. The van der Waals surface area contributed by atoms with E-state index in [1.807, 2.05) is 0 Å². The summed E-state index contributed by atoms with van der Waals surface area (Å²) in [7, 11) is 5.05. The minimum absolute atomic E-state index is 0. The van der Waals surface area contributed by atoms with Crippen LogP contribution in [0, 0.1) is 11.8 Å². The van der Waals surface area contributed by atoms with Gasteiger partial charge in [-0.1, -0.05) is 12.8 Å². The number of rotatable bonds is 0. The summed E-state index contributed by atoms with van der Waals surface area (Å²) in [5.41, 5.74) is 0. The second-order valence-corrected chi connectivity index (χ2v) is 6.66. The van der Waals surface area contributed by atoms with E-state index in [2.05, 4.69) is 14.1 Å². The van der Waals surface area contributed by atoms with Gasteiger partial charge in [0.2, 0.25) is 0 Å². The second kappa shape index (κ2) is 4.75. The fourth-order valence-electron chi connectivity index (χ4n) is 5.18. The predicted molar refractivity (Wildman–Crippen MR) is 63.6 cm³/mol. The Labute approximate surface area is 118 Å². The lowest BCUT2D eigenvalue weighted by Gasteiger charge is -2.41. The van der Waals surface area contributed by atoms with Crippen LogP contribution in [0.1, 0.15) is 51.4 Å². The first-order valence-electron chi connectivity index (χ1n) is 7.04. The summed E-state index contributed by atoms with van der Waals surface area (Å²) in [6.07, 6.45) is 12.2. The molecule has 4 unspecified atom stereocenters. The zero-order valence-corrected chi connectivity index (χ0v) is 12.9. The normalized spacial score (nSPS) is 45.4. The first-order valence-corrected chi connectivity index (χ1v) is 7.04. The summed E-state index contributed by atoms with van der Waals surface area (Å²) in [5.74, 6) is 2.19. The van der Waals surface area contributed by atoms with Crippen molar-refractivity contribution >= 4 is 0 Å². The molecular formula is C14H26IN. The Hall–Kier alpha value is 0.690. The van der Waals surface area contributed by atoms with Crippen LogP contribution in [0.3, 0.4) is 0 Å². The molecule has 0 aromatic carbocycles. The van der Waals surface area contributed by atoms with E-state index in [1.54, 1.807) is 12.8 Å². The third-order valence-corrected chi connectivity index (χ3v) is 5.82. The monoisotopic (exact) mass is 335 g/mol. The van der Waals surface area contributed by atoms with Gasteiger partial charge in [0.25, 0.3) is 0 Å². The van der Waals surface area contributed by atoms with E-state index in [-0.39, 0.29) is 24.0 Å². The van der Waals surface area contributed by atoms with Crippen molar-refractivity contribution in [3.63, 3.8) is 0 Å². The van der Waals surface area contributed by atoms with Gasteiger partial charge in [-0.25, -0.2) is 0 Å². The number of halogens is 1. The fourth-order valence-corrected chi connectivity index (χ4v) is 5.18. The molecule has 1 aliphatic heterocycles. The minimum Gasteiger partial charge on any atom is -1.00 e. The van der Waals surface area contributed by atoms with Gasteiger partial charge < -0.3 is 28.5 Å². The van der Waals surface area contributed by atoms with Crippen LogP contribution in [-0.2, 0) is 0 Å². The van der Waals surface area contributed by atoms with Gasteiger partial charge in [-0.05, 0) is 38.5 Å². The summed E-state index contributed by atoms with van der Waals surface area (Å²) < 4.78 is 1.37. The fraction of sp³-hybridized carbons (Fsp3) is 1.00. The zero-order valence-electron chi connectivity index (χ0n) is 10.8. The number of hydrogen-bond donors (Lipinski definition) is 0. The van der Waals surface area contributed by atoms with E-state index >= 15 is 0 Å². The van der Waals surface area contributed by atoms with Crippen LogP contribution in [-0.4, -0.2) is 30.7 Å². The van der Waals surface area contributed by atoms with Crippen LogP contribution in [0.5, 0.6) is 0 Å². The van der Waals surface area contributed by atoms with Gasteiger partial charge in [0.1, 0.15) is 0 Å². The van der Waals surface area contributed by atoms with Gasteiger partial charge in [-0.2, -0.15) is 0 Å². The molecule has 16 heavy (non-hydrogen) atoms. The third kappa shape index (κ3) is 1.84. The molecule has 0 aromatic heterocycles. The number of hydrogen-bond acceptors (Lipinski definition) is 0. The number of fused-ring (bicyclic) bond motifs is 3. The van der Waals surface area contributed by atoms with Crippen molar-refractivity contribution in [3.8, 4) is 0 Å². The molecule has 0 spiro atoms. The molecule has 0 N–H and O–H groups in total. The van der Waals surface area contributed by atoms with Gasteiger partial charge in [0, 0.05) is 11.8 Å². The van der Waals surface area contributed by atoms with Crippen LogP contribution in [0.15, 0.2) is 0 Å². The average molecular weight is 335 g/mol. The van der Waals surface area contributed by atoms with Crippen LogP contribution in [0.2, 0.25) is 0 Å². The van der Waals surface area contributed by atoms with E-state index in [4.69, 9.17) is 0 Å². The maximum atomic E-state index is 2.53. The maximum Gasteiger partial charge on any atom is 0.0921 e. The van der Waals surface area contributed by atoms with Crippen LogP contribution < -0.4 is 24.0 Å². The molecule has 4 atom stereocenters. The lowest BCUT2D eigenvalue weighted by atomic mass is 9.73. The summed E-state index contributed by atoms with van der Waals surface area (Å²) in [5, 5.41) is 0. The Bertz CT molecular complexity index is 227. The van der Waals surface area contributed by atoms with E-state index in [9.17, 15) is 0 Å². The first-order chi connectivity index (χ1) is 7.21. The molecule has 0 radical (unpaired) electrons. The highest BCUT2D eigenvalue weighted by Gasteiger charge is 2.56. The Kier molecular flexibility index (Phi) is 3.90. The summed E-state index contributed by atoms with van der Waals surface area (Å²) >= 11 is 0. The molecule has 0 amide bonds. The Morgan fingerprint density at radius 1 is 0.688 bits per heavy atom. The molecule has 0 aromatic rings. The van der Waals surface area contributed by atoms with Gasteiger partial charge in [0.15, 0.2) is 0 Å². The predicted octanol–water partition coefficient (Wildman–Crippen LogP) is 0.198. The second-order valence-electron chi connectivity index (χ2n) is 6.66. The quantitative estimate of drug-likeness (QED) is 0.438. The van der Waals surface area contributed by atoms with E-state index in [0.717, 1.165) is 23.9 Å². The van der Waals surface area contributed by atoms with Crippen molar-refractivity contribution in [2.45, 2.75) is 63.5 Å². The van der Waals surface area contributed by atoms with E-state index in [0.29, 0.717) is 0 Å². The molecule has 1 nitrogen and oxygen atoms in total. The maximum absolute atomic E-state index is 2.53. The summed E-state index contributed by atoms with van der Waals surface area (Å²) in [4.78, 5) is 0. The molecule has 2 aliphatic carbocycles. The highest BCUT2D eigenvalue weighted by molar-refractivity contribution is 4.94. The smallest absolute Gasteiger partial charge is 0.0921 e. The highest BCUT2D eigenvalue weighted by atomic mass is 127. The van der Waals surface area contributed by atoms with Crippen molar-refractivity contribution in [1.29, 1.82) is 0 Å². The van der Waals surface area contributed by atoms with E-state index in [1.165, 1.54) is 43.0 Å². The largest absolute Gasteiger partial charge is 1.00 e. The Morgan fingerprint density at radius 2 is 1.06 bits per heavy atom. The number of quaternary nitrogens is 1. The van der Waals surface area contributed by atoms with Crippen LogP contribution in [0.25, 0.3) is 0 Å². The molecule has 94 valence electrons. The topological polar surface area (TPSA) is 0 Å². The number of likely N-dealkylation sites (tertiary alicyclic amines) is 1. The zero-order chi connectivity index (χ0) is 10.5. The molecular weight excluding hydrogens is 309 g/mol.